The summed E-state index contributed by atoms with van der Waals surface area (Å²) in [4.78, 5) is 0. The summed E-state index contributed by atoms with van der Waals surface area (Å²) in [6.45, 7) is 3.48. The van der Waals surface area contributed by atoms with Crippen LogP contribution in [-0.2, 0) is 0 Å². The van der Waals surface area contributed by atoms with Gasteiger partial charge in [0.1, 0.15) is 0 Å². The normalized spacial score (nSPS) is 29.1. The van der Waals surface area contributed by atoms with Crippen LogP contribution < -0.4 is 5.32 Å². The van der Waals surface area contributed by atoms with E-state index in [0.717, 1.165) is 11.3 Å². The highest BCUT2D eigenvalue weighted by Gasteiger charge is 2.19. The van der Waals surface area contributed by atoms with Crippen LogP contribution in [0.1, 0.15) is 45.4 Å². The first-order chi connectivity index (χ1) is 6.36. The number of nitrogens with one attached hydrogen (secondary N) is 1. The monoisotopic (exact) mass is 201 g/mol. The molecule has 2 heteroatoms. The molecule has 1 rings (SSSR count). The predicted molar refractivity (Wildman–Crippen MR) is 62.5 cm³/mol. The Morgan fingerprint density at radius 3 is 2.46 bits per heavy atom. The molecule has 0 aromatic rings. The average molecular weight is 201 g/mol. The molecule has 0 radical (unpaired) electrons. The topological polar surface area (TPSA) is 12.0 Å². The maximum atomic E-state index is 3.66. The van der Waals surface area contributed by atoms with Gasteiger partial charge in [-0.05, 0) is 44.9 Å². The van der Waals surface area contributed by atoms with Crippen LogP contribution in [0, 0.1) is 0 Å². The Morgan fingerprint density at radius 2 is 1.92 bits per heavy atom. The van der Waals surface area contributed by atoms with E-state index < -0.39 is 0 Å². The van der Waals surface area contributed by atoms with Crippen molar-refractivity contribution in [3.63, 3.8) is 0 Å². The molecule has 0 aromatic carbocycles. The minimum atomic E-state index is 0.829. The van der Waals surface area contributed by atoms with Crippen LogP contribution in [0.4, 0.5) is 0 Å². The zero-order chi connectivity index (χ0) is 9.52. The van der Waals surface area contributed by atoms with Gasteiger partial charge in [-0.3, -0.25) is 0 Å². The Kier molecular flexibility index (Phi) is 5.88. The molecule has 0 unspecified atom stereocenters. The molecule has 1 saturated carbocycles. The van der Waals surface area contributed by atoms with E-state index >= 15 is 0 Å². The summed E-state index contributed by atoms with van der Waals surface area (Å²) in [7, 11) is 0. The standard InChI is InChI=1S/C11H23NS/c1-3-4-9-12-10-5-7-11(13-2)8-6-10/h10-12H,3-9H2,1-2H3. The molecule has 1 N–H and O–H groups in total. The second kappa shape index (κ2) is 6.72. The summed E-state index contributed by atoms with van der Waals surface area (Å²) in [6, 6.07) is 0.829. The lowest BCUT2D eigenvalue weighted by atomic mass is 9.95. The van der Waals surface area contributed by atoms with Crippen molar-refractivity contribution in [1.82, 2.24) is 5.32 Å². The van der Waals surface area contributed by atoms with Crippen molar-refractivity contribution in [3.05, 3.63) is 0 Å². The first kappa shape index (κ1) is 11.4. The smallest absolute Gasteiger partial charge is 0.00678 e. The van der Waals surface area contributed by atoms with Crippen LogP contribution in [-0.4, -0.2) is 24.1 Å². The van der Waals surface area contributed by atoms with Crippen molar-refractivity contribution < 1.29 is 0 Å². The van der Waals surface area contributed by atoms with Gasteiger partial charge in [0.2, 0.25) is 0 Å². The van der Waals surface area contributed by atoms with Gasteiger partial charge in [0, 0.05) is 11.3 Å². The lowest BCUT2D eigenvalue weighted by Crippen LogP contribution is -2.34. The summed E-state index contributed by atoms with van der Waals surface area (Å²) in [6.07, 6.45) is 10.5. The van der Waals surface area contributed by atoms with Crippen molar-refractivity contribution in [2.75, 3.05) is 12.8 Å². The molecule has 0 atom stereocenters. The first-order valence-corrected chi connectivity index (χ1v) is 6.91. The largest absolute Gasteiger partial charge is 0.314 e. The summed E-state index contributed by atoms with van der Waals surface area (Å²) in [5, 5.41) is 4.61. The van der Waals surface area contributed by atoms with Crippen LogP contribution in [0.5, 0.6) is 0 Å². The third-order valence-electron chi connectivity index (χ3n) is 2.97. The van der Waals surface area contributed by atoms with E-state index in [1.54, 1.807) is 0 Å². The van der Waals surface area contributed by atoms with Gasteiger partial charge in [0.25, 0.3) is 0 Å². The minimum Gasteiger partial charge on any atom is -0.314 e. The van der Waals surface area contributed by atoms with E-state index in [4.69, 9.17) is 0 Å². The van der Waals surface area contributed by atoms with Crippen molar-refractivity contribution in [3.8, 4) is 0 Å². The Labute approximate surface area is 87.1 Å². The second-order valence-electron chi connectivity index (χ2n) is 4.02. The van der Waals surface area contributed by atoms with Crippen LogP contribution in [0.2, 0.25) is 0 Å². The van der Waals surface area contributed by atoms with Gasteiger partial charge in [-0.15, -0.1) is 0 Å². The molecule has 0 amide bonds. The quantitative estimate of drug-likeness (QED) is 0.686. The van der Waals surface area contributed by atoms with Gasteiger partial charge >= 0.3 is 0 Å². The SMILES string of the molecule is CCCCNC1CCC(SC)CC1. The van der Waals surface area contributed by atoms with Gasteiger partial charge in [-0.1, -0.05) is 13.3 Å². The molecule has 0 aliphatic heterocycles. The molecule has 0 aromatic heterocycles. The van der Waals surface area contributed by atoms with Crippen molar-refractivity contribution in [1.29, 1.82) is 0 Å². The maximum absolute atomic E-state index is 3.66. The van der Waals surface area contributed by atoms with Gasteiger partial charge < -0.3 is 5.32 Å². The van der Waals surface area contributed by atoms with Gasteiger partial charge in [0.15, 0.2) is 0 Å². The maximum Gasteiger partial charge on any atom is 0.00678 e. The Hall–Kier alpha value is 0.310. The number of hydrogen-bond acceptors (Lipinski definition) is 2. The third kappa shape index (κ3) is 4.37. The highest BCUT2D eigenvalue weighted by Crippen LogP contribution is 2.26. The second-order valence-corrected chi connectivity index (χ2v) is 5.16. The highest BCUT2D eigenvalue weighted by atomic mass is 32.2. The van der Waals surface area contributed by atoms with Crippen molar-refractivity contribution in [2.24, 2.45) is 0 Å². The molecule has 1 nitrogen and oxygen atoms in total. The molecule has 0 bridgehead atoms. The Bertz CT molecular complexity index is 117. The molecule has 0 spiro atoms. The zero-order valence-corrected chi connectivity index (χ0v) is 9.83. The molecular weight excluding hydrogens is 178 g/mol. The number of thioether (sulfide) groups is 1. The van der Waals surface area contributed by atoms with E-state index in [9.17, 15) is 0 Å². The highest BCUT2D eigenvalue weighted by molar-refractivity contribution is 7.99. The number of rotatable bonds is 5. The van der Waals surface area contributed by atoms with Gasteiger partial charge in [-0.25, -0.2) is 0 Å². The predicted octanol–water partition coefficient (Wildman–Crippen LogP) is 3.05. The van der Waals surface area contributed by atoms with Crippen LogP contribution in [0.15, 0.2) is 0 Å². The van der Waals surface area contributed by atoms with E-state index in [0.29, 0.717) is 0 Å². The van der Waals surface area contributed by atoms with E-state index in [-0.39, 0.29) is 0 Å². The molecule has 0 saturated heterocycles. The fourth-order valence-electron chi connectivity index (χ4n) is 1.99. The summed E-state index contributed by atoms with van der Waals surface area (Å²) >= 11 is 2.05. The Morgan fingerprint density at radius 1 is 1.23 bits per heavy atom. The summed E-state index contributed by atoms with van der Waals surface area (Å²) < 4.78 is 0. The van der Waals surface area contributed by atoms with Gasteiger partial charge in [-0.2, -0.15) is 11.8 Å². The fraction of sp³-hybridized carbons (Fsp3) is 1.00. The minimum absolute atomic E-state index is 0.829. The average Bonchev–Trinajstić information content (AvgIpc) is 2.19. The summed E-state index contributed by atoms with van der Waals surface area (Å²) in [5.74, 6) is 0. The Balaban J connectivity index is 2.03. The first-order valence-electron chi connectivity index (χ1n) is 5.63. The molecule has 78 valence electrons. The van der Waals surface area contributed by atoms with Crippen LogP contribution >= 0.6 is 11.8 Å². The third-order valence-corrected chi connectivity index (χ3v) is 4.11. The fourth-order valence-corrected chi connectivity index (χ4v) is 2.73. The molecular formula is C11H23NS. The summed E-state index contributed by atoms with van der Waals surface area (Å²) in [5.41, 5.74) is 0. The van der Waals surface area contributed by atoms with Crippen LogP contribution in [0.3, 0.4) is 0 Å². The van der Waals surface area contributed by atoms with E-state index in [2.05, 4.69) is 18.5 Å². The van der Waals surface area contributed by atoms with E-state index in [1.807, 2.05) is 11.8 Å². The van der Waals surface area contributed by atoms with Crippen molar-refractivity contribution >= 4 is 11.8 Å². The number of hydrogen-bond donors (Lipinski definition) is 1. The molecule has 13 heavy (non-hydrogen) atoms. The lowest BCUT2D eigenvalue weighted by molar-refractivity contribution is 0.378. The number of unbranched alkanes of at least 4 members (excludes halogenated alkanes) is 1. The van der Waals surface area contributed by atoms with E-state index in [1.165, 1.54) is 45.1 Å². The molecule has 0 heterocycles. The zero-order valence-electron chi connectivity index (χ0n) is 9.01. The van der Waals surface area contributed by atoms with Gasteiger partial charge in [0.05, 0.1) is 0 Å². The van der Waals surface area contributed by atoms with Crippen molar-refractivity contribution in [2.45, 2.75) is 56.7 Å². The molecule has 1 fully saturated rings. The van der Waals surface area contributed by atoms with Crippen LogP contribution in [0.25, 0.3) is 0 Å². The lowest BCUT2D eigenvalue weighted by Gasteiger charge is -2.28. The molecule has 1 aliphatic carbocycles. The molecule has 1 aliphatic rings.